The van der Waals surface area contributed by atoms with Gasteiger partial charge < -0.3 is 15.9 Å². The van der Waals surface area contributed by atoms with Crippen LogP contribution >= 0.6 is 11.8 Å². The number of aromatic amines is 1. The molecule has 2 aromatic heterocycles. The highest BCUT2D eigenvalue weighted by atomic mass is 32.2. The first-order valence-corrected chi connectivity index (χ1v) is 10.2. The van der Waals surface area contributed by atoms with Crippen LogP contribution in [0.4, 0.5) is 14.5 Å². The Morgan fingerprint density at radius 1 is 1.19 bits per heavy atom. The third-order valence-electron chi connectivity index (χ3n) is 4.41. The van der Waals surface area contributed by atoms with Gasteiger partial charge in [0, 0.05) is 11.6 Å². The first-order chi connectivity index (χ1) is 15.4. The second-order valence-corrected chi connectivity index (χ2v) is 7.48. The SMILES string of the molecule is COc1ccc(-c2cc(-c3nnc(SCC(=O)Nc4ccc(F)cc4F)n3N)[nH]n2)cc1. The lowest BCUT2D eigenvalue weighted by Crippen LogP contribution is -2.17. The molecule has 164 valence electrons. The van der Waals surface area contributed by atoms with Crippen molar-refractivity contribution in [3.05, 3.63) is 60.2 Å². The summed E-state index contributed by atoms with van der Waals surface area (Å²) in [7, 11) is 1.59. The molecule has 0 aliphatic carbocycles. The number of nitrogens with two attached hydrogens (primary N) is 1. The van der Waals surface area contributed by atoms with E-state index in [-0.39, 0.29) is 16.6 Å². The quantitative estimate of drug-likeness (QED) is 0.288. The van der Waals surface area contributed by atoms with E-state index >= 15 is 0 Å². The van der Waals surface area contributed by atoms with Gasteiger partial charge in [0.2, 0.25) is 16.9 Å². The molecule has 0 saturated heterocycles. The molecule has 0 fully saturated rings. The lowest BCUT2D eigenvalue weighted by molar-refractivity contribution is -0.113. The van der Waals surface area contributed by atoms with Crippen LogP contribution in [0.25, 0.3) is 22.8 Å². The number of amides is 1. The number of anilines is 1. The number of nitrogens with zero attached hydrogens (tertiary/aromatic N) is 4. The van der Waals surface area contributed by atoms with Crippen LogP contribution in [0.3, 0.4) is 0 Å². The van der Waals surface area contributed by atoms with E-state index in [1.165, 1.54) is 4.68 Å². The summed E-state index contributed by atoms with van der Waals surface area (Å²) in [6.45, 7) is 0. The lowest BCUT2D eigenvalue weighted by atomic mass is 10.1. The number of carbonyl (C=O) groups is 1. The summed E-state index contributed by atoms with van der Waals surface area (Å²) in [5.74, 6) is 4.93. The minimum atomic E-state index is -0.862. The van der Waals surface area contributed by atoms with Gasteiger partial charge in [-0.3, -0.25) is 9.89 Å². The fraction of sp³-hybridized carbons (Fsp3) is 0.100. The molecule has 0 unspecified atom stereocenters. The van der Waals surface area contributed by atoms with Crippen molar-refractivity contribution in [2.75, 3.05) is 24.0 Å². The lowest BCUT2D eigenvalue weighted by Gasteiger charge is -2.06. The normalized spacial score (nSPS) is 10.8. The molecule has 0 atom stereocenters. The maximum Gasteiger partial charge on any atom is 0.234 e. The van der Waals surface area contributed by atoms with Crippen molar-refractivity contribution in [1.82, 2.24) is 25.1 Å². The number of carbonyl (C=O) groups excluding carboxylic acids is 1. The number of hydrogen-bond donors (Lipinski definition) is 3. The molecule has 0 bridgehead atoms. The molecule has 2 heterocycles. The Bertz CT molecular complexity index is 1260. The number of nitrogens with one attached hydrogen (secondary N) is 2. The van der Waals surface area contributed by atoms with Crippen LogP contribution in [0.5, 0.6) is 5.75 Å². The fourth-order valence-electron chi connectivity index (χ4n) is 2.81. The summed E-state index contributed by atoms with van der Waals surface area (Å²) < 4.78 is 33.0. The van der Waals surface area contributed by atoms with Crippen molar-refractivity contribution in [2.45, 2.75) is 5.16 Å². The summed E-state index contributed by atoms with van der Waals surface area (Å²) in [6.07, 6.45) is 0. The number of methoxy groups -OCH3 is 1. The molecule has 4 N–H and O–H groups in total. The maximum atomic E-state index is 13.7. The van der Waals surface area contributed by atoms with Crippen LogP contribution in [-0.4, -0.2) is 43.8 Å². The van der Waals surface area contributed by atoms with Crippen LogP contribution in [0, 0.1) is 11.6 Å². The Morgan fingerprint density at radius 2 is 1.97 bits per heavy atom. The summed E-state index contributed by atoms with van der Waals surface area (Å²) in [5.41, 5.74) is 1.97. The van der Waals surface area contributed by atoms with Gasteiger partial charge in [0.05, 0.1) is 24.2 Å². The molecular formula is C20H17F2N7O2S. The van der Waals surface area contributed by atoms with E-state index in [4.69, 9.17) is 10.6 Å². The molecule has 0 aliphatic rings. The first-order valence-electron chi connectivity index (χ1n) is 9.23. The average molecular weight is 457 g/mol. The van der Waals surface area contributed by atoms with Crippen molar-refractivity contribution in [3.63, 3.8) is 0 Å². The number of ether oxygens (including phenoxy) is 1. The molecule has 12 heteroatoms. The third kappa shape index (κ3) is 4.54. The number of H-pyrrole nitrogens is 1. The van der Waals surface area contributed by atoms with E-state index in [1.807, 2.05) is 24.3 Å². The Morgan fingerprint density at radius 3 is 2.69 bits per heavy atom. The number of halogens is 2. The van der Waals surface area contributed by atoms with E-state index in [0.29, 0.717) is 23.3 Å². The van der Waals surface area contributed by atoms with Gasteiger partial charge in [0.15, 0.2) is 0 Å². The zero-order chi connectivity index (χ0) is 22.7. The monoisotopic (exact) mass is 457 g/mol. The Balaban J connectivity index is 1.42. The highest BCUT2D eigenvalue weighted by molar-refractivity contribution is 7.99. The van der Waals surface area contributed by atoms with Gasteiger partial charge in [-0.2, -0.15) is 5.10 Å². The minimum Gasteiger partial charge on any atom is -0.497 e. The molecule has 4 rings (SSSR count). The number of nitrogen functional groups attached to an aromatic ring is 1. The highest BCUT2D eigenvalue weighted by Gasteiger charge is 2.17. The summed E-state index contributed by atoms with van der Waals surface area (Å²) in [4.78, 5) is 12.1. The van der Waals surface area contributed by atoms with Gasteiger partial charge in [-0.1, -0.05) is 11.8 Å². The molecule has 4 aromatic rings. The summed E-state index contributed by atoms with van der Waals surface area (Å²) in [6, 6.07) is 12.1. The van der Waals surface area contributed by atoms with Gasteiger partial charge in [-0.15, -0.1) is 10.2 Å². The van der Waals surface area contributed by atoms with Crippen LogP contribution in [0.1, 0.15) is 0 Å². The summed E-state index contributed by atoms with van der Waals surface area (Å²) >= 11 is 1.01. The van der Waals surface area contributed by atoms with E-state index in [9.17, 15) is 13.6 Å². The van der Waals surface area contributed by atoms with E-state index in [1.54, 1.807) is 13.2 Å². The topological polar surface area (TPSA) is 124 Å². The van der Waals surface area contributed by atoms with Gasteiger partial charge in [0.25, 0.3) is 0 Å². The fourth-order valence-corrected chi connectivity index (χ4v) is 3.47. The Hall–Kier alpha value is -3.93. The first kappa shape index (κ1) is 21.3. The summed E-state index contributed by atoms with van der Waals surface area (Å²) in [5, 5.41) is 17.8. The average Bonchev–Trinajstić information content (AvgIpc) is 3.41. The molecule has 0 radical (unpaired) electrons. The van der Waals surface area contributed by atoms with Crippen LogP contribution in [0.15, 0.2) is 53.7 Å². The third-order valence-corrected chi connectivity index (χ3v) is 5.35. The number of hydrogen-bond acceptors (Lipinski definition) is 7. The van der Waals surface area contributed by atoms with E-state index in [0.717, 1.165) is 35.2 Å². The number of thioether (sulfide) groups is 1. The molecule has 0 aliphatic heterocycles. The van der Waals surface area contributed by atoms with Crippen molar-refractivity contribution < 1.29 is 18.3 Å². The maximum absolute atomic E-state index is 13.7. The molecule has 2 aromatic carbocycles. The second kappa shape index (κ2) is 9.06. The standard InChI is InChI=1S/C20H17F2N7O2S/c1-31-13-5-2-11(3-6-13)16-9-17(26-25-16)19-27-28-20(29(19)23)32-10-18(30)24-15-7-4-12(21)8-14(15)22/h2-9H,10,23H2,1H3,(H,24,30)(H,25,26). The van der Waals surface area contributed by atoms with Gasteiger partial charge in [-0.05, 0) is 42.5 Å². The van der Waals surface area contributed by atoms with Gasteiger partial charge in [-0.25, -0.2) is 13.5 Å². The van der Waals surface area contributed by atoms with Crippen molar-refractivity contribution in [2.24, 2.45) is 0 Å². The minimum absolute atomic E-state index is 0.105. The van der Waals surface area contributed by atoms with Crippen LogP contribution in [0.2, 0.25) is 0 Å². The zero-order valence-corrected chi connectivity index (χ0v) is 17.5. The molecule has 1 amide bonds. The van der Waals surface area contributed by atoms with Crippen LogP contribution < -0.4 is 15.9 Å². The van der Waals surface area contributed by atoms with Crippen molar-refractivity contribution >= 4 is 23.4 Å². The number of aromatic nitrogens is 5. The Kier molecular flexibility index (Phi) is 6.03. The van der Waals surface area contributed by atoms with Gasteiger partial charge >= 0.3 is 0 Å². The van der Waals surface area contributed by atoms with Crippen LogP contribution in [-0.2, 0) is 4.79 Å². The largest absolute Gasteiger partial charge is 0.497 e. The molecule has 0 saturated carbocycles. The number of benzene rings is 2. The predicted octanol–water partition coefficient (Wildman–Crippen LogP) is 3.07. The molecule has 9 nitrogen and oxygen atoms in total. The van der Waals surface area contributed by atoms with E-state index in [2.05, 4.69) is 25.7 Å². The van der Waals surface area contributed by atoms with Crippen molar-refractivity contribution in [3.8, 4) is 28.5 Å². The second-order valence-electron chi connectivity index (χ2n) is 6.53. The van der Waals surface area contributed by atoms with Crippen molar-refractivity contribution in [1.29, 1.82) is 0 Å². The van der Waals surface area contributed by atoms with E-state index < -0.39 is 17.5 Å². The molecule has 32 heavy (non-hydrogen) atoms. The molecule has 0 spiro atoms. The van der Waals surface area contributed by atoms with Gasteiger partial charge in [0.1, 0.15) is 23.1 Å². The Labute approximate surface area is 185 Å². The number of rotatable bonds is 7. The smallest absolute Gasteiger partial charge is 0.234 e. The zero-order valence-electron chi connectivity index (χ0n) is 16.7. The predicted molar refractivity (Wildman–Crippen MR) is 115 cm³/mol. The highest BCUT2D eigenvalue weighted by Crippen LogP contribution is 2.26. The molecular weight excluding hydrogens is 440 g/mol.